The summed E-state index contributed by atoms with van der Waals surface area (Å²) in [4.78, 5) is 8.89. The van der Waals surface area contributed by atoms with Crippen LogP contribution in [-0.2, 0) is 4.79 Å². The second kappa shape index (κ2) is 20.6. The Labute approximate surface area is 115 Å². The molecule has 0 radical (unpaired) electrons. The van der Waals surface area contributed by atoms with E-state index in [9.17, 15) is 0 Å². The van der Waals surface area contributed by atoms with Crippen LogP contribution in [0.15, 0.2) is 0 Å². The van der Waals surface area contributed by atoms with Crippen LogP contribution in [-0.4, -0.2) is 63.1 Å². The number of carbonyl (C=O) groups excluding carboxylic acids is 1. The molecular weight excluding hydrogens is 237 g/mol. The van der Waals surface area contributed by atoms with Gasteiger partial charge in [0.2, 0.25) is 0 Å². The summed E-state index contributed by atoms with van der Waals surface area (Å²) in [5.41, 5.74) is 3.94. The molecule has 0 fully saturated rings. The van der Waals surface area contributed by atoms with E-state index in [1.54, 1.807) is 0 Å². The molecule has 0 aliphatic carbocycles. The fraction of sp³-hybridized carbons (Fsp3) is 0.833. The maximum Gasteiger partial charge on any atom is 1.00 e. The van der Waals surface area contributed by atoms with Crippen LogP contribution < -0.4 is 40.4 Å². The SMILES string of the molecule is CC(=O)[O-].NC(CO)(CO)CO.O.O.O.[Na+]. The Balaban J connectivity index is -0.0000000281. The predicted molar refractivity (Wildman–Crippen MR) is 49.7 cm³/mol. The molecule has 0 aliphatic heterocycles. The fourth-order valence-electron chi connectivity index (χ4n) is 0.150. The van der Waals surface area contributed by atoms with Crippen LogP contribution in [0.5, 0.6) is 0 Å². The molecule has 0 bridgehead atoms. The molecule has 0 spiro atoms. The van der Waals surface area contributed by atoms with Crippen LogP contribution in [0, 0.1) is 0 Å². The van der Waals surface area contributed by atoms with Gasteiger partial charge < -0.3 is 47.4 Å². The first-order valence-electron chi connectivity index (χ1n) is 3.21. The first-order valence-corrected chi connectivity index (χ1v) is 3.21. The number of aliphatic hydroxyl groups excluding tert-OH is 3. The number of rotatable bonds is 3. The van der Waals surface area contributed by atoms with Crippen molar-refractivity contribution >= 4 is 5.97 Å². The summed E-state index contributed by atoms with van der Waals surface area (Å²) < 4.78 is 0. The first kappa shape index (κ1) is 36.0. The summed E-state index contributed by atoms with van der Waals surface area (Å²) in [6.45, 7) is -0.236. The molecule has 0 unspecified atom stereocenters. The quantitative estimate of drug-likeness (QED) is 0.359. The second-order valence-electron chi connectivity index (χ2n) is 2.33. The molecule has 0 aliphatic rings. The average Bonchev–Trinajstić information content (AvgIpc) is 2.02. The zero-order valence-electron chi connectivity index (χ0n) is 9.36. The van der Waals surface area contributed by atoms with Crippen molar-refractivity contribution in [3.8, 4) is 0 Å². The fourth-order valence-corrected chi connectivity index (χ4v) is 0.150. The van der Waals surface area contributed by atoms with Crippen LogP contribution in [0.4, 0.5) is 0 Å². The third-order valence-electron chi connectivity index (χ3n) is 0.945. The number of nitrogens with two attached hydrogens (primary N) is 1. The van der Waals surface area contributed by atoms with Gasteiger partial charge in [0.25, 0.3) is 0 Å². The summed E-state index contributed by atoms with van der Waals surface area (Å²) >= 11 is 0. The topological polar surface area (TPSA) is 221 Å². The van der Waals surface area contributed by atoms with E-state index >= 15 is 0 Å². The molecule has 0 saturated carbocycles. The molecule has 0 aromatic heterocycles. The van der Waals surface area contributed by atoms with E-state index in [1.807, 2.05) is 0 Å². The van der Waals surface area contributed by atoms with Gasteiger partial charge >= 0.3 is 29.6 Å². The van der Waals surface area contributed by atoms with Gasteiger partial charge in [-0.05, 0) is 6.92 Å². The Bertz CT molecular complexity index is 119. The molecule has 0 amide bonds. The van der Waals surface area contributed by atoms with Crippen molar-refractivity contribution in [3.05, 3.63) is 0 Å². The zero-order valence-corrected chi connectivity index (χ0v) is 11.4. The molecule has 0 rings (SSSR count). The van der Waals surface area contributed by atoms with Gasteiger partial charge in [-0.1, -0.05) is 0 Å². The summed E-state index contributed by atoms with van der Waals surface area (Å²) in [7, 11) is 0. The number of carboxylic acid groups (broad SMARTS) is 1. The first-order chi connectivity index (χ1) is 5.41. The van der Waals surface area contributed by atoms with E-state index in [0.29, 0.717) is 0 Å². The second-order valence-corrected chi connectivity index (χ2v) is 2.33. The maximum atomic E-state index is 8.89. The smallest absolute Gasteiger partial charge is 0.550 e. The number of carboxylic acids is 1. The molecule has 9 nitrogen and oxygen atoms in total. The van der Waals surface area contributed by atoms with Gasteiger partial charge in [0.15, 0.2) is 0 Å². The minimum Gasteiger partial charge on any atom is -0.550 e. The van der Waals surface area contributed by atoms with Crippen molar-refractivity contribution in [3.63, 3.8) is 0 Å². The van der Waals surface area contributed by atoms with Gasteiger partial charge in [0.05, 0.1) is 25.4 Å². The van der Waals surface area contributed by atoms with E-state index in [2.05, 4.69) is 0 Å². The standard InChI is InChI=1S/C4H11NO3.C2H4O2.Na.3H2O/c5-4(1-6,2-7)3-8;1-2(3)4;;;;/h6-8H,1-3,5H2;1H3,(H,3,4);;3*1H2/q;;+1;;;/p-1. The predicted octanol–water partition coefficient (Wildman–Crippen LogP) is -9.05. The normalized spacial score (nSPS) is 7.56. The van der Waals surface area contributed by atoms with Gasteiger partial charge in [0.1, 0.15) is 0 Å². The number of hydrogen-bond donors (Lipinski definition) is 4. The van der Waals surface area contributed by atoms with Gasteiger partial charge in [-0.25, -0.2) is 0 Å². The molecule has 0 heterocycles. The Morgan fingerprint density at radius 2 is 1.25 bits per heavy atom. The molecule has 0 aromatic carbocycles. The van der Waals surface area contributed by atoms with Gasteiger partial charge in [-0.2, -0.15) is 0 Å². The van der Waals surface area contributed by atoms with E-state index in [1.165, 1.54) is 0 Å². The Morgan fingerprint density at radius 3 is 1.25 bits per heavy atom. The molecule has 0 atom stereocenters. The maximum absolute atomic E-state index is 8.89. The van der Waals surface area contributed by atoms with Crippen molar-refractivity contribution < 1.29 is 71.2 Å². The molecule has 11 N–H and O–H groups in total. The Hall–Kier alpha value is 0.190. The van der Waals surface area contributed by atoms with Crippen molar-refractivity contribution in [2.24, 2.45) is 5.73 Å². The third-order valence-corrected chi connectivity index (χ3v) is 0.945. The van der Waals surface area contributed by atoms with Crippen LogP contribution in [0.3, 0.4) is 0 Å². The van der Waals surface area contributed by atoms with Crippen molar-refractivity contribution in [2.45, 2.75) is 12.5 Å². The number of aliphatic hydroxyl groups is 3. The van der Waals surface area contributed by atoms with E-state index in [-0.39, 0.29) is 46.0 Å². The molecule has 0 saturated heterocycles. The van der Waals surface area contributed by atoms with Crippen LogP contribution in [0.25, 0.3) is 0 Å². The van der Waals surface area contributed by atoms with E-state index in [4.69, 9.17) is 31.0 Å². The van der Waals surface area contributed by atoms with Crippen LogP contribution >= 0.6 is 0 Å². The largest absolute Gasteiger partial charge is 1.00 e. The Kier molecular flexibility index (Phi) is 46.3. The summed E-state index contributed by atoms with van der Waals surface area (Å²) in [5.74, 6) is -1.08. The molecule has 0 aromatic rings. The molecule has 16 heavy (non-hydrogen) atoms. The van der Waals surface area contributed by atoms with Crippen molar-refractivity contribution in [2.75, 3.05) is 19.8 Å². The molecule has 10 heteroatoms. The minimum absolute atomic E-state index is 0. The van der Waals surface area contributed by atoms with Crippen molar-refractivity contribution in [1.82, 2.24) is 0 Å². The van der Waals surface area contributed by atoms with Crippen LogP contribution in [0.1, 0.15) is 6.92 Å². The summed E-state index contributed by atoms with van der Waals surface area (Å²) in [6.07, 6.45) is 0. The number of hydrogen-bond acceptors (Lipinski definition) is 6. The Morgan fingerprint density at radius 1 is 1.12 bits per heavy atom. The summed E-state index contributed by atoms with van der Waals surface area (Å²) in [5, 5.41) is 33.9. The average molecular weight is 257 g/mol. The summed E-state index contributed by atoms with van der Waals surface area (Å²) in [6, 6.07) is 0. The number of carbonyl (C=O) groups is 1. The number of aliphatic carboxylic acids is 1. The molecule has 98 valence electrons. The zero-order chi connectivity index (χ0) is 10.2. The van der Waals surface area contributed by atoms with E-state index in [0.717, 1.165) is 6.92 Å². The third kappa shape index (κ3) is 29.2. The van der Waals surface area contributed by atoms with Crippen molar-refractivity contribution in [1.29, 1.82) is 0 Å². The monoisotopic (exact) mass is 257 g/mol. The van der Waals surface area contributed by atoms with Crippen LogP contribution in [0.2, 0.25) is 0 Å². The van der Waals surface area contributed by atoms with E-state index < -0.39 is 31.3 Å². The minimum atomic E-state index is -1.21. The van der Waals surface area contributed by atoms with Gasteiger partial charge in [-0.15, -0.1) is 0 Å². The van der Waals surface area contributed by atoms with Gasteiger partial charge in [0, 0.05) is 5.97 Å². The van der Waals surface area contributed by atoms with Gasteiger partial charge in [-0.3, -0.25) is 0 Å². The molecular formula is C6H20NNaO8.